The van der Waals surface area contributed by atoms with E-state index in [4.69, 9.17) is 5.11 Å². The minimum Gasteiger partial charge on any atom is -0.395 e. The molecule has 41 heavy (non-hydrogen) atoms. The lowest BCUT2D eigenvalue weighted by Gasteiger charge is -2.35. The summed E-state index contributed by atoms with van der Waals surface area (Å²) in [6.07, 6.45) is 9.48. The predicted molar refractivity (Wildman–Crippen MR) is 162 cm³/mol. The molecule has 2 aliphatic carbocycles. The highest BCUT2D eigenvalue weighted by Gasteiger charge is 2.48. The van der Waals surface area contributed by atoms with Crippen molar-refractivity contribution in [2.75, 3.05) is 72.9 Å². The summed E-state index contributed by atoms with van der Waals surface area (Å²) in [4.78, 5) is 21.0. The number of rotatable bonds is 8. The number of likely N-dealkylation sites (N-methyl/N-ethyl adjacent to an activating group) is 1. The quantitative estimate of drug-likeness (QED) is 0.439. The zero-order chi connectivity index (χ0) is 28.4. The molecule has 7 rings (SSSR count). The number of anilines is 4. The van der Waals surface area contributed by atoms with Crippen LogP contribution in [-0.2, 0) is 16.4 Å². The summed E-state index contributed by atoms with van der Waals surface area (Å²) in [5, 5.41) is 12.3. The van der Waals surface area contributed by atoms with Gasteiger partial charge in [-0.25, -0.2) is 13.1 Å². The molecule has 2 spiro atoms. The number of benzene rings is 2. The van der Waals surface area contributed by atoms with Crippen molar-refractivity contribution in [3.63, 3.8) is 0 Å². The first-order chi connectivity index (χ1) is 19.7. The van der Waals surface area contributed by atoms with E-state index in [1.54, 1.807) is 12.1 Å². The molecule has 10 heteroatoms. The Labute approximate surface area is 242 Å². The summed E-state index contributed by atoms with van der Waals surface area (Å²) in [7, 11) is -1.64. The van der Waals surface area contributed by atoms with Crippen molar-refractivity contribution < 1.29 is 18.3 Å². The van der Waals surface area contributed by atoms with Gasteiger partial charge in [0.2, 0.25) is 10.0 Å². The van der Waals surface area contributed by atoms with E-state index in [2.05, 4.69) is 37.9 Å². The lowest BCUT2D eigenvalue weighted by Crippen LogP contribution is -2.35. The Kier molecular flexibility index (Phi) is 6.52. The molecule has 2 aromatic rings. The number of sulfonamides is 1. The fraction of sp³-hybridized carbons (Fsp3) is 0.581. The van der Waals surface area contributed by atoms with Gasteiger partial charge < -0.3 is 25.1 Å². The molecule has 0 radical (unpaired) electrons. The van der Waals surface area contributed by atoms with Gasteiger partial charge in [-0.15, -0.1) is 0 Å². The van der Waals surface area contributed by atoms with Gasteiger partial charge in [0.15, 0.2) is 0 Å². The molecule has 0 unspecified atom stereocenters. The molecule has 0 aromatic heterocycles. The molecule has 2 saturated carbocycles. The van der Waals surface area contributed by atoms with Crippen molar-refractivity contribution in [2.45, 2.75) is 56.3 Å². The Morgan fingerprint density at radius 2 is 1.61 bits per heavy atom. The maximum atomic E-state index is 13.9. The normalized spacial score (nSPS) is 22.0. The Balaban J connectivity index is 1.19. The highest BCUT2D eigenvalue weighted by molar-refractivity contribution is 7.89. The van der Waals surface area contributed by atoms with Crippen molar-refractivity contribution in [3.8, 4) is 0 Å². The number of aliphatic hydroxyl groups excluding tert-OH is 1. The predicted octanol–water partition coefficient (Wildman–Crippen LogP) is 3.57. The summed E-state index contributed by atoms with van der Waals surface area (Å²) in [5.41, 5.74) is 6.60. The number of carbonyl (C=O) groups excluding carboxylic acids is 1. The minimum atomic E-state index is -3.78. The van der Waals surface area contributed by atoms with Crippen molar-refractivity contribution in [3.05, 3.63) is 41.5 Å². The monoisotopic (exact) mass is 579 g/mol. The standard InChI is InChI=1S/C31H41N5O4S/c1-34-13-4-22-18-23(19-27(28(22)34)36-16-11-31(21-36)7-8-31)29(38)33-25-3-2-24(41(39,40)32-12-17-37)20-26(25)35-14-9-30(5-6-30)10-15-35/h2-3,18-20,32,37H,4-17,21H2,1H3,(H,33,38). The molecule has 3 heterocycles. The molecule has 220 valence electrons. The summed E-state index contributed by atoms with van der Waals surface area (Å²) in [5.74, 6) is -0.171. The van der Waals surface area contributed by atoms with E-state index >= 15 is 0 Å². The lowest BCUT2D eigenvalue weighted by atomic mass is 9.93. The van der Waals surface area contributed by atoms with Gasteiger partial charge in [-0.3, -0.25) is 4.79 Å². The first-order valence-electron chi connectivity index (χ1n) is 15.1. The van der Waals surface area contributed by atoms with E-state index in [9.17, 15) is 13.2 Å². The van der Waals surface area contributed by atoms with E-state index in [0.717, 1.165) is 57.7 Å². The fourth-order valence-electron chi connectivity index (χ4n) is 7.21. The largest absolute Gasteiger partial charge is 0.395 e. The number of aliphatic hydroxyl groups is 1. The second-order valence-electron chi connectivity index (χ2n) is 13.1. The average Bonchev–Trinajstić information content (AvgIpc) is 3.83. The molecule has 9 nitrogen and oxygen atoms in total. The molecule has 1 amide bonds. The molecule has 3 N–H and O–H groups in total. The van der Waals surface area contributed by atoms with Crippen LogP contribution < -0.4 is 24.7 Å². The smallest absolute Gasteiger partial charge is 0.255 e. The molecule has 0 atom stereocenters. The highest BCUT2D eigenvalue weighted by Crippen LogP contribution is 2.55. The average molecular weight is 580 g/mol. The van der Waals surface area contributed by atoms with Gasteiger partial charge in [0.1, 0.15) is 0 Å². The third kappa shape index (κ3) is 5.08. The third-order valence-corrected chi connectivity index (χ3v) is 11.8. The minimum absolute atomic E-state index is 0.0453. The number of hydrogen-bond acceptors (Lipinski definition) is 7. The first-order valence-corrected chi connectivity index (χ1v) is 16.6. The van der Waals surface area contributed by atoms with Gasteiger partial charge in [-0.1, -0.05) is 0 Å². The van der Waals surface area contributed by atoms with Crippen LogP contribution in [0, 0.1) is 10.8 Å². The van der Waals surface area contributed by atoms with Gasteiger partial charge in [0, 0.05) is 51.9 Å². The maximum absolute atomic E-state index is 13.9. The molecule has 3 aliphatic heterocycles. The van der Waals surface area contributed by atoms with Crippen LogP contribution in [0.3, 0.4) is 0 Å². The Hall–Kier alpha value is -2.82. The second kappa shape index (κ2) is 9.88. The molecule has 2 aromatic carbocycles. The molecule has 0 bridgehead atoms. The zero-order valence-corrected chi connectivity index (χ0v) is 24.7. The van der Waals surface area contributed by atoms with Gasteiger partial charge in [0.05, 0.1) is 34.3 Å². The van der Waals surface area contributed by atoms with Crippen molar-refractivity contribution in [1.82, 2.24) is 4.72 Å². The van der Waals surface area contributed by atoms with Crippen LogP contribution in [0.2, 0.25) is 0 Å². The van der Waals surface area contributed by atoms with Gasteiger partial charge in [-0.05, 0) is 98.1 Å². The Morgan fingerprint density at radius 1 is 0.902 bits per heavy atom. The van der Waals surface area contributed by atoms with Gasteiger partial charge in [-0.2, -0.15) is 0 Å². The first kappa shape index (κ1) is 27.0. The SMILES string of the molecule is CN1CCc2cc(C(=O)Nc3ccc(S(=O)(=O)NCCO)cc3N3CCC4(CC3)CC4)cc(N3CCC4(CC4)C3)c21. The Bertz CT molecular complexity index is 1470. The molecule has 5 aliphatic rings. The van der Waals surface area contributed by atoms with E-state index in [-0.39, 0.29) is 24.0 Å². The lowest BCUT2D eigenvalue weighted by molar-refractivity contribution is 0.102. The van der Waals surface area contributed by atoms with Crippen LogP contribution in [0.4, 0.5) is 22.7 Å². The van der Waals surface area contributed by atoms with E-state index in [1.165, 1.54) is 55.1 Å². The van der Waals surface area contributed by atoms with Crippen molar-refractivity contribution in [2.24, 2.45) is 10.8 Å². The number of nitrogens with one attached hydrogen (secondary N) is 2. The fourth-order valence-corrected chi connectivity index (χ4v) is 8.25. The second-order valence-corrected chi connectivity index (χ2v) is 14.9. The maximum Gasteiger partial charge on any atom is 0.255 e. The summed E-state index contributed by atoms with van der Waals surface area (Å²) < 4.78 is 28.3. The molecular weight excluding hydrogens is 538 g/mol. The van der Waals surface area contributed by atoms with Crippen molar-refractivity contribution in [1.29, 1.82) is 0 Å². The van der Waals surface area contributed by atoms with Gasteiger partial charge in [0.25, 0.3) is 5.91 Å². The number of hydrogen-bond donors (Lipinski definition) is 3. The number of piperidine rings is 1. The van der Waals surface area contributed by atoms with Crippen molar-refractivity contribution >= 4 is 38.7 Å². The number of carbonyl (C=O) groups is 1. The van der Waals surface area contributed by atoms with Crippen LogP contribution in [-0.4, -0.2) is 72.4 Å². The number of nitrogens with zero attached hydrogens (tertiary/aromatic N) is 3. The van der Waals surface area contributed by atoms with Gasteiger partial charge >= 0.3 is 0 Å². The Morgan fingerprint density at radius 3 is 2.29 bits per heavy atom. The zero-order valence-electron chi connectivity index (χ0n) is 23.9. The van der Waals surface area contributed by atoms with Crippen LogP contribution in [0.5, 0.6) is 0 Å². The topological polar surface area (TPSA) is 105 Å². The van der Waals surface area contributed by atoms with E-state index in [0.29, 0.717) is 22.1 Å². The molecule has 2 saturated heterocycles. The molecular formula is C31H41N5O4S. The summed E-state index contributed by atoms with van der Waals surface area (Å²) in [6, 6.07) is 9.01. The van der Waals surface area contributed by atoms with Crippen LogP contribution in [0.1, 0.15) is 60.9 Å². The summed E-state index contributed by atoms with van der Waals surface area (Å²) >= 11 is 0. The highest BCUT2D eigenvalue weighted by atomic mass is 32.2. The number of amides is 1. The molecule has 4 fully saturated rings. The summed E-state index contributed by atoms with van der Waals surface area (Å²) in [6.45, 7) is 4.41. The third-order valence-electron chi connectivity index (χ3n) is 10.3. The van der Waals surface area contributed by atoms with Crippen LogP contribution >= 0.6 is 0 Å². The van der Waals surface area contributed by atoms with Crippen LogP contribution in [0.15, 0.2) is 35.2 Å². The number of fused-ring (bicyclic) bond motifs is 1. The van der Waals surface area contributed by atoms with E-state index in [1.807, 2.05) is 6.07 Å². The van der Waals surface area contributed by atoms with Crippen LogP contribution in [0.25, 0.3) is 0 Å². The van der Waals surface area contributed by atoms with E-state index < -0.39 is 10.0 Å².